The topological polar surface area (TPSA) is 0 Å². The summed E-state index contributed by atoms with van der Waals surface area (Å²) in [7, 11) is 0. The molecule has 7 heteroatoms. The maximum absolute atomic E-state index is 13.2. The number of hydrogen-bond donors (Lipinski definition) is 0. The fourth-order valence-corrected chi connectivity index (χ4v) is 3.28. The molecule has 0 aromatic heterocycles. The van der Waals surface area contributed by atoms with Gasteiger partial charge in [0.2, 0.25) is 0 Å². The zero-order chi connectivity index (χ0) is 21.7. The Balaban J connectivity index is -0.000000522. The summed E-state index contributed by atoms with van der Waals surface area (Å²) in [5.41, 5.74) is 5.28. The van der Waals surface area contributed by atoms with Crippen molar-refractivity contribution in [1.82, 2.24) is 0 Å². The average Bonchev–Trinajstić information content (AvgIpc) is 3.25. The summed E-state index contributed by atoms with van der Waals surface area (Å²) >= 11 is 1.36. The second kappa shape index (κ2) is 16.6. The van der Waals surface area contributed by atoms with Crippen LogP contribution in [0.1, 0.15) is 27.7 Å². The van der Waals surface area contributed by atoms with Gasteiger partial charge in [-0.3, -0.25) is 6.08 Å². The van der Waals surface area contributed by atoms with E-state index in [0.717, 1.165) is 22.9 Å². The molecule has 0 spiro atoms. The third-order valence-corrected chi connectivity index (χ3v) is 5.21. The van der Waals surface area contributed by atoms with Crippen molar-refractivity contribution in [1.29, 1.82) is 0 Å². The Hall–Kier alpha value is -1.000. The number of halogens is 5. The Labute approximate surface area is 226 Å². The summed E-state index contributed by atoms with van der Waals surface area (Å²) < 4.78 is 39.4. The van der Waals surface area contributed by atoms with Gasteiger partial charge in [0.25, 0.3) is 0 Å². The third kappa shape index (κ3) is 8.62. The van der Waals surface area contributed by atoms with Crippen LogP contribution in [0.4, 0.5) is 13.2 Å². The van der Waals surface area contributed by atoms with E-state index < -0.39 is 17.5 Å². The average molecular weight is 589 g/mol. The first-order chi connectivity index (χ1) is 13.8. The maximum atomic E-state index is 13.2. The van der Waals surface area contributed by atoms with E-state index in [4.69, 9.17) is 0 Å². The molecule has 0 N–H and O–H groups in total. The number of hydrogen-bond acceptors (Lipinski definition) is 0. The van der Waals surface area contributed by atoms with Gasteiger partial charge in [-0.15, -0.1) is 78.4 Å². The molecular formula is C26H29Cl2F3SiZr-4. The first-order valence-corrected chi connectivity index (χ1v) is 13.3. The SMILES string of the molecule is CC1=[C-]C(C)C(C)=C1C.Cl.Cl.Fc1cc(-c2c[cH-]c3ccccc23)cc(F)c1F.[CH3-].[CH3-].[Si]=[Zr]. The Morgan fingerprint density at radius 2 is 1.45 bits per heavy atom. The van der Waals surface area contributed by atoms with E-state index in [1.807, 2.05) is 30.3 Å². The number of fused-ring (bicyclic) bond motifs is 1. The normalized spacial score (nSPS) is 13.5. The van der Waals surface area contributed by atoms with Crippen molar-refractivity contribution in [2.75, 3.05) is 0 Å². The Morgan fingerprint density at radius 3 is 1.88 bits per heavy atom. The van der Waals surface area contributed by atoms with Crippen molar-refractivity contribution < 1.29 is 36.5 Å². The zero-order valence-electron chi connectivity index (χ0n) is 19.6. The van der Waals surface area contributed by atoms with Gasteiger partial charge in [-0.05, 0) is 12.1 Å². The molecule has 0 aliphatic heterocycles. The van der Waals surface area contributed by atoms with E-state index in [1.165, 1.54) is 40.1 Å². The van der Waals surface area contributed by atoms with Gasteiger partial charge in [0, 0.05) is 0 Å². The van der Waals surface area contributed by atoms with Crippen LogP contribution in [0.2, 0.25) is 0 Å². The van der Waals surface area contributed by atoms with Crippen molar-refractivity contribution in [3.8, 4) is 11.1 Å². The molecular weight excluding hydrogens is 559 g/mol. The van der Waals surface area contributed by atoms with Crippen LogP contribution in [-0.2, 0) is 23.3 Å². The molecule has 1 atom stereocenters. The van der Waals surface area contributed by atoms with Crippen LogP contribution in [-0.4, -0.2) is 6.88 Å². The van der Waals surface area contributed by atoms with Crippen molar-refractivity contribution in [2.24, 2.45) is 5.92 Å². The second-order valence-corrected chi connectivity index (χ2v) is 6.89. The number of benzene rings is 2. The molecule has 0 heterocycles. The molecule has 0 fully saturated rings. The van der Waals surface area contributed by atoms with Gasteiger partial charge in [-0.25, -0.2) is 18.7 Å². The second-order valence-electron chi connectivity index (χ2n) is 6.89. The molecule has 1 unspecified atom stereocenters. The fourth-order valence-electron chi connectivity index (χ4n) is 3.28. The minimum atomic E-state index is -1.44. The monoisotopic (exact) mass is 586 g/mol. The molecule has 33 heavy (non-hydrogen) atoms. The Kier molecular flexibility index (Phi) is 18.4. The summed E-state index contributed by atoms with van der Waals surface area (Å²) in [6.45, 7) is 11.7. The molecule has 0 bridgehead atoms. The molecule has 0 saturated heterocycles. The predicted molar refractivity (Wildman–Crippen MR) is 138 cm³/mol. The quantitative estimate of drug-likeness (QED) is 0.152. The molecule has 3 aromatic rings. The van der Waals surface area contributed by atoms with Crippen LogP contribution in [0.5, 0.6) is 0 Å². The van der Waals surface area contributed by atoms with Gasteiger partial charge in [0.1, 0.15) is 0 Å². The van der Waals surface area contributed by atoms with E-state index in [-0.39, 0.29) is 39.7 Å². The summed E-state index contributed by atoms with van der Waals surface area (Å²) in [4.78, 5) is 0. The summed E-state index contributed by atoms with van der Waals surface area (Å²) in [6.07, 6.45) is 3.36. The van der Waals surface area contributed by atoms with E-state index in [0.29, 0.717) is 17.0 Å². The predicted octanol–water partition coefficient (Wildman–Crippen LogP) is 8.73. The van der Waals surface area contributed by atoms with Gasteiger partial charge >= 0.3 is 30.2 Å². The minimum absolute atomic E-state index is 0. The first-order valence-electron chi connectivity index (χ1n) is 9.11. The third-order valence-electron chi connectivity index (χ3n) is 5.21. The molecule has 1 aliphatic carbocycles. The van der Waals surface area contributed by atoms with Crippen LogP contribution in [0, 0.1) is 44.3 Å². The number of rotatable bonds is 1. The zero-order valence-corrected chi connectivity index (χ0v) is 24.7. The molecule has 1 aliphatic rings. The van der Waals surface area contributed by atoms with Crippen LogP contribution < -0.4 is 0 Å². The van der Waals surface area contributed by atoms with Crippen LogP contribution in [0.15, 0.2) is 65.3 Å². The fraction of sp³-hybridized carbons (Fsp3) is 0.192. The van der Waals surface area contributed by atoms with Crippen molar-refractivity contribution in [3.63, 3.8) is 0 Å². The van der Waals surface area contributed by atoms with E-state index in [2.05, 4.69) is 40.7 Å². The standard InChI is InChI=1S/C15H8F3.C9H13.2CH3.2ClH.Si.Zr/c16-13-7-10(8-14(17)15(13)18)12-6-5-9-3-1-2-4-11(9)12;1-6-5-7(2)9(4)8(6)3;;;;;;/h1-8H;6H,1-4H3;2*1H3;2*1H;;/q4*-1;;;;. The van der Waals surface area contributed by atoms with Crippen molar-refractivity contribution >= 4 is 42.5 Å². The molecule has 3 aromatic carbocycles. The number of allylic oxidation sites excluding steroid dienone is 4. The van der Waals surface area contributed by atoms with Gasteiger partial charge in [-0.1, -0.05) is 38.3 Å². The molecule has 2 radical (unpaired) electrons. The van der Waals surface area contributed by atoms with E-state index in [9.17, 15) is 13.2 Å². The Morgan fingerprint density at radius 1 is 0.939 bits per heavy atom. The van der Waals surface area contributed by atoms with Crippen LogP contribution >= 0.6 is 24.8 Å². The summed E-state index contributed by atoms with van der Waals surface area (Å²) in [6, 6.07) is 13.2. The van der Waals surface area contributed by atoms with Gasteiger partial charge in [-0.2, -0.15) is 11.1 Å². The summed E-state index contributed by atoms with van der Waals surface area (Å²) in [5, 5.41) is 1.88. The van der Waals surface area contributed by atoms with E-state index >= 15 is 0 Å². The van der Waals surface area contributed by atoms with Gasteiger partial charge < -0.3 is 14.9 Å². The van der Waals surface area contributed by atoms with Crippen molar-refractivity contribution in [3.05, 3.63) is 104 Å². The van der Waals surface area contributed by atoms with E-state index in [1.54, 1.807) is 6.07 Å². The molecule has 180 valence electrons. The molecule has 0 amide bonds. The first kappa shape index (κ1) is 36.6. The molecule has 4 rings (SSSR count). The molecule has 0 nitrogen and oxygen atoms in total. The van der Waals surface area contributed by atoms with Crippen LogP contribution in [0.25, 0.3) is 21.9 Å². The Bertz CT molecular complexity index is 1070. The summed E-state index contributed by atoms with van der Waals surface area (Å²) in [5.74, 6) is -3.22. The van der Waals surface area contributed by atoms with Gasteiger partial charge in [0.15, 0.2) is 17.5 Å². The van der Waals surface area contributed by atoms with Crippen LogP contribution in [0.3, 0.4) is 0 Å². The molecule has 0 saturated carbocycles. The van der Waals surface area contributed by atoms with Crippen molar-refractivity contribution in [2.45, 2.75) is 27.7 Å². The van der Waals surface area contributed by atoms with Gasteiger partial charge in [0.05, 0.1) is 0 Å².